The number of allylic oxidation sites excluding steroid dienone is 2. The molecule has 0 fully saturated rings. The van der Waals surface area contributed by atoms with E-state index in [1.165, 1.54) is 64.2 Å². The Morgan fingerprint density at radius 3 is 1.83 bits per heavy atom. The zero-order valence-corrected chi connectivity index (χ0v) is 20.2. The van der Waals surface area contributed by atoms with Gasteiger partial charge in [-0.1, -0.05) is 70.4 Å². The first-order valence-corrected chi connectivity index (χ1v) is 12.1. The lowest BCUT2D eigenvalue weighted by molar-refractivity contribution is -0.873. The second kappa shape index (κ2) is 18.4. The summed E-state index contributed by atoms with van der Waals surface area (Å²) in [5, 5.41) is 9.01. The number of hydrogen-bond acceptors (Lipinski definition) is 3. The third-order valence-electron chi connectivity index (χ3n) is 5.09. The van der Waals surface area contributed by atoms with Crippen LogP contribution in [0.4, 0.5) is 0 Å². The van der Waals surface area contributed by atoms with Crippen LogP contribution in [-0.4, -0.2) is 55.3 Å². The summed E-state index contributed by atoms with van der Waals surface area (Å²) >= 11 is 0. The van der Waals surface area contributed by atoms with Crippen molar-refractivity contribution >= 4 is 11.9 Å². The third-order valence-corrected chi connectivity index (χ3v) is 5.09. The maximum absolute atomic E-state index is 12.0. The Morgan fingerprint density at radius 2 is 1.33 bits per heavy atom. The highest BCUT2D eigenvalue weighted by atomic mass is 16.5. The van der Waals surface area contributed by atoms with Crippen LogP contribution in [0.2, 0.25) is 0 Å². The fraction of sp³-hybridized carbons (Fsp3) is 0.840. The van der Waals surface area contributed by atoms with E-state index in [1.54, 1.807) is 0 Å². The Morgan fingerprint density at radius 1 is 0.833 bits per heavy atom. The van der Waals surface area contributed by atoms with E-state index in [2.05, 4.69) is 19.1 Å². The summed E-state index contributed by atoms with van der Waals surface area (Å²) in [6.45, 7) is 2.75. The van der Waals surface area contributed by atoms with Crippen LogP contribution in [-0.2, 0) is 14.3 Å². The molecule has 1 unspecified atom stereocenters. The number of carboxylic acids is 1. The Kier molecular flexibility index (Phi) is 17.6. The minimum absolute atomic E-state index is 0.129. The standard InChI is InChI=1S/C25H47NO4/c1-5-6-7-8-9-10-11-12-13-14-15-16-17-18-19-20-25(29)30-23(21-24(27)28)22-26(2,3)4/h9-10,23H,5-8,11-22H2,1-4H3/p+1. The second-order valence-electron chi connectivity index (χ2n) is 9.52. The fourth-order valence-electron chi connectivity index (χ4n) is 3.53. The van der Waals surface area contributed by atoms with Gasteiger partial charge in [-0.05, 0) is 32.1 Å². The molecule has 0 saturated heterocycles. The minimum atomic E-state index is -0.927. The molecule has 1 atom stereocenters. The molecule has 0 rings (SSSR count). The molecule has 0 radical (unpaired) electrons. The van der Waals surface area contributed by atoms with Crippen LogP contribution in [0.25, 0.3) is 0 Å². The smallest absolute Gasteiger partial charge is 0.307 e. The van der Waals surface area contributed by atoms with E-state index in [4.69, 9.17) is 9.84 Å². The molecule has 0 bridgehead atoms. The number of esters is 1. The Labute approximate surface area is 185 Å². The first-order chi connectivity index (χ1) is 14.2. The fourth-order valence-corrected chi connectivity index (χ4v) is 3.53. The van der Waals surface area contributed by atoms with Gasteiger partial charge < -0.3 is 14.3 Å². The highest BCUT2D eigenvalue weighted by molar-refractivity contribution is 5.71. The molecule has 0 saturated carbocycles. The number of rotatable bonds is 20. The number of hydrogen-bond donors (Lipinski definition) is 1. The number of nitrogens with zero attached hydrogens (tertiary/aromatic N) is 1. The van der Waals surface area contributed by atoms with Gasteiger partial charge in [-0.3, -0.25) is 9.59 Å². The maximum Gasteiger partial charge on any atom is 0.307 e. The summed E-state index contributed by atoms with van der Waals surface area (Å²) < 4.78 is 5.99. The zero-order chi connectivity index (χ0) is 22.7. The van der Waals surface area contributed by atoms with Gasteiger partial charge in [-0.2, -0.15) is 0 Å². The predicted molar refractivity (Wildman–Crippen MR) is 124 cm³/mol. The predicted octanol–water partition coefficient (Wildman–Crippen LogP) is 6.12. The molecule has 30 heavy (non-hydrogen) atoms. The summed E-state index contributed by atoms with van der Waals surface area (Å²) in [5.41, 5.74) is 0. The van der Waals surface area contributed by atoms with Crippen molar-refractivity contribution < 1.29 is 23.9 Å². The van der Waals surface area contributed by atoms with Gasteiger partial charge in [-0.25, -0.2) is 0 Å². The number of carboxylic acid groups (broad SMARTS) is 1. The second-order valence-corrected chi connectivity index (χ2v) is 9.52. The minimum Gasteiger partial charge on any atom is -0.481 e. The van der Waals surface area contributed by atoms with E-state index in [9.17, 15) is 9.59 Å². The van der Waals surface area contributed by atoms with Crippen molar-refractivity contribution in [1.29, 1.82) is 0 Å². The Bertz CT molecular complexity index is 468. The molecular formula is C25H48NO4+. The van der Waals surface area contributed by atoms with Gasteiger partial charge >= 0.3 is 11.9 Å². The molecule has 5 nitrogen and oxygen atoms in total. The third kappa shape index (κ3) is 21.4. The number of quaternary nitrogens is 1. The molecule has 0 heterocycles. The van der Waals surface area contributed by atoms with Crippen LogP contribution < -0.4 is 0 Å². The van der Waals surface area contributed by atoms with Crippen molar-refractivity contribution in [3.63, 3.8) is 0 Å². The molecule has 0 aromatic rings. The lowest BCUT2D eigenvalue weighted by Gasteiger charge is -2.28. The Balaban J connectivity index is 3.62. The molecule has 0 aromatic carbocycles. The average molecular weight is 427 g/mol. The molecule has 0 amide bonds. The number of ether oxygens (including phenoxy) is 1. The van der Waals surface area contributed by atoms with E-state index in [0.717, 1.165) is 19.3 Å². The highest BCUT2D eigenvalue weighted by Crippen LogP contribution is 2.13. The normalized spacial score (nSPS) is 12.9. The van der Waals surface area contributed by atoms with E-state index in [0.29, 0.717) is 17.4 Å². The van der Waals surface area contributed by atoms with Crippen molar-refractivity contribution in [2.45, 2.75) is 109 Å². The van der Waals surface area contributed by atoms with Crippen LogP contribution in [0.5, 0.6) is 0 Å². The van der Waals surface area contributed by atoms with Gasteiger partial charge in [0.05, 0.1) is 27.6 Å². The summed E-state index contributed by atoms with van der Waals surface area (Å²) in [7, 11) is 5.90. The molecule has 176 valence electrons. The number of unbranched alkanes of at least 4 members (excludes halogenated alkanes) is 11. The quantitative estimate of drug-likeness (QED) is 0.110. The lowest BCUT2D eigenvalue weighted by Crippen LogP contribution is -2.43. The van der Waals surface area contributed by atoms with Crippen molar-refractivity contribution in [1.82, 2.24) is 0 Å². The van der Waals surface area contributed by atoms with Crippen LogP contribution in [0.3, 0.4) is 0 Å². The van der Waals surface area contributed by atoms with Gasteiger partial charge in [-0.15, -0.1) is 0 Å². The SMILES string of the molecule is CCCCCC=CCCCCCCCCCCC(=O)OC(CC(=O)O)C[N+](C)(C)C. The molecular weight excluding hydrogens is 378 g/mol. The summed E-state index contributed by atoms with van der Waals surface area (Å²) in [6.07, 6.45) is 20.2. The zero-order valence-electron chi connectivity index (χ0n) is 20.2. The van der Waals surface area contributed by atoms with Crippen LogP contribution in [0.1, 0.15) is 103 Å². The van der Waals surface area contributed by atoms with Crippen molar-refractivity contribution in [2.24, 2.45) is 0 Å². The average Bonchev–Trinajstić information content (AvgIpc) is 2.63. The van der Waals surface area contributed by atoms with Gasteiger partial charge in [0.25, 0.3) is 0 Å². The lowest BCUT2D eigenvalue weighted by atomic mass is 10.1. The molecule has 0 spiro atoms. The number of carbonyl (C=O) groups is 2. The van der Waals surface area contributed by atoms with E-state index in [-0.39, 0.29) is 12.4 Å². The van der Waals surface area contributed by atoms with Crippen molar-refractivity contribution in [3.05, 3.63) is 12.2 Å². The summed E-state index contributed by atoms with van der Waals surface area (Å²) in [4.78, 5) is 23.0. The van der Waals surface area contributed by atoms with E-state index in [1.807, 2.05) is 21.1 Å². The highest BCUT2D eigenvalue weighted by Gasteiger charge is 2.24. The monoisotopic (exact) mass is 426 g/mol. The number of aliphatic carboxylic acids is 1. The molecule has 1 N–H and O–H groups in total. The van der Waals surface area contributed by atoms with Gasteiger partial charge in [0.2, 0.25) is 0 Å². The first kappa shape index (κ1) is 28.6. The van der Waals surface area contributed by atoms with Crippen LogP contribution in [0.15, 0.2) is 12.2 Å². The van der Waals surface area contributed by atoms with Gasteiger partial charge in [0.1, 0.15) is 6.54 Å². The molecule has 0 aliphatic rings. The van der Waals surface area contributed by atoms with Gasteiger partial charge in [0.15, 0.2) is 6.10 Å². The topological polar surface area (TPSA) is 63.6 Å². The molecule has 0 aliphatic heterocycles. The maximum atomic E-state index is 12.0. The summed E-state index contributed by atoms with van der Waals surface area (Å²) in [6, 6.07) is 0. The number of carbonyl (C=O) groups excluding carboxylic acids is 1. The van der Waals surface area contributed by atoms with E-state index >= 15 is 0 Å². The molecule has 5 heteroatoms. The largest absolute Gasteiger partial charge is 0.481 e. The Hall–Kier alpha value is -1.36. The molecule has 0 aliphatic carbocycles. The first-order valence-electron chi connectivity index (χ1n) is 12.1. The number of likely N-dealkylation sites (N-methyl/N-ethyl adjacent to an activating group) is 1. The molecule has 0 aromatic heterocycles. The van der Waals surface area contributed by atoms with E-state index < -0.39 is 12.1 Å². The van der Waals surface area contributed by atoms with Crippen LogP contribution in [0, 0.1) is 0 Å². The summed E-state index contributed by atoms with van der Waals surface area (Å²) in [5.74, 6) is -1.19. The van der Waals surface area contributed by atoms with Crippen molar-refractivity contribution in [2.75, 3.05) is 27.7 Å². The van der Waals surface area contributed by atoms with Gasteiger partial charge in [0, 0.05) is 6.42 Å². The van der Waals surface area contributed by atoms with Crippen molar-refractivity contribution in [3.8, 4) is 0 Å². The van der Waals surface area contributed by atoms with Crippen LogP contribution >= 0.6 is 0 Å².